The van der Waals surface area contributed by atoms with Crippen molar-refractivity contribution in [2.24, 2.45) is 0 Å². The van der Waals surface area contributed by atoms with Crippen LogP contribution in [-0.4, -0.2) is 70.2 Å². The molecule has 1 aromatic carbocycles. The first-order chi connectivity index (χ1) is 10.9. The van der Waals surface area contributed by atoms with Gasteiger partial charge in [-0.25, -0.2) is 12.7 Å². The van der Waals surface area contributed by atoms with E-state index in [2.05, 4.69) is 41.1 Å². The molecule has 1 heterocycles. The molecule has 1 saturated heterocycles. The van der Waals surface area contributed by atoms with E-state index in [0.29, 0.717) is 12.5 Å². The summed E-state index contributed by atoms with van der Waals surface area (Å²) in [6.45, 7) is 2.94. The van der Waals surface area contributed by atoms with Crippen molar-refractivity contribution in [2.45, 2.75) is 25.3 Å². The molecule has 0 aromatic heterocycles. The first-order valence-corrected chi connectivity index (χ1v) is 9.91. The van der Waals surface area contributed by atoms with Crippen molar-refractivity contribution >= 4 is 15.7 Å². The standard InChI is InChI=1S/C17H29N3O2S/c1-18(2)23(21,22)14-8-12-19(3)17-11-7-13-20(15-17)16-9-5-4-6-10-16/h4-6,9-10,17H,7-8,11-15H2,1-3H3/t17-/m0/s1. The Balaban J connectivity index is 1.84. The monoisotopic (exact) mass is 339 g/mol. The molecule has 6 heteroatoms. The van der Waals surface area contributed by atoms with Crippen LogP contribution in [0.1, 0.15) is 19.3 Å². The van der Waals surface area contributed by atoms with E-state index in [4.69, 9.17) is 0 Å². The van der Waals surface area contributed by atoms with Gasteiger partial charge in [-0.15, -0.1) is 0 Å². The summed E-state index contributed by atoms with van der Waals surface area (Å²) < 4.78 is 25.0. The minimum Gasteiger partial charge on any atom is -0.370 e. The van der Waals surface area contributed by atoms with E-state index in [-0.39, 0.29) is 5.75 Å². The van der Waals surface area contributed by atoms with Gasteiger partial charge in [0.1, 0.15) is 0 Å². The van der Waals surface area contributed by atoms with Crippen molar-refractivity contribution < 1.29 is 8.42 Å². The van der Waals surface area contributed by atoms with Crippen LogP contribution in [-0.2, 0) is 10.0 Å². The Kier molecular flexibility index (Phi) is 6.44. The number of piperidine rings is 1. The van der Waals surface area contributed by atoms with Gasteiger partial charge in [0.05, 0.1) is 5.75 Å². The van der Waals surface area contributed by atoms with Gasteiger partial charge in [0.25, 0.3) is 0 Å². The first kappa shape index (κ1) is 18.2. The number of para-hydroxylation sites is 1. The molecule has 0 aliphatic carbocycles. The molecule has 0 bridgehead atoms. The highest BCUT2D eigenvalue weighted by atomic mass is 32.2. The SMILES string of the molecule is CN(CCCS(=O)(=O)N(C)C)[C@H]1CCCN(c2ccccc2)C1. The summed E-state index contributed by atoms with van der Waals surface area (Å²) in [6, 6.07) is 11.0. The topological polar surface area (TPSA) is 43.9 Å². The summed E-state index contributed by atoms with van der Waals surface area (Å²) in [4.78, 5) is 4.75. The number of likely N-dealkylation sites (N-methyl/N-ethyl adjacent to an activating group) is 1. The average Bonchev–Trinajstić information content (AvgIpc) is 2.55. The second-order valence-electron chi connectivity index (χ2n) is 6.51. The normalized spacial score (nSPS) is 19.5. The van der Waals surface area contributed by atoms with Gasteiger partial charge in [-0.3, -0.25) is 0 Å². The van der Waals surface area contributed by atoms with Crippen LogP contribution >= 0.6 is 0 Å². The molecule has 130 valence electrons. The number of hydrogen-bond acceptors (Lipinski definition) is 4. The molecule has 5 nitrogen and oxygen atoms in total. The summed E-state index contributed by atoms with van der Waals surface area (Å²) in [6.07, 6.45) is 3.04. The van der Waals surface area contributed by atoms with E-state index in [9.17, 15) is 8.42 Å². The Morgan fingerprint density at radius 3 is 2.52 bits per heavy atom. The Hall–Kier alpha value is -1.11. The Bertz CT molecular complexity index is 575. The van der Waals surface area contributed by atoms with Crippen molar-refractivity contribution in [3.05, 3.63) is 30.3 Å². The molecule has 0 N–H and O–H groups in total. The molecule has 2 rings (SSSR count). The fourth-order valence-corrected chi connectivity index (χ4v) is 3.91. The van der Waals surface area contributed by atoms with Crippen LogP contribution in [0.15, 0.2) is 30.3 Å². The number of rotatable bonds is 7. The minimum absolute atomic E-state index is 0.222. The summed E-state index contributed by atoms with van der Waals surface area (Å²) in [5.74, 6) is 0.222. The van der Waals surface area contributed by atoms with Crippen molar-refractivity contribution in [3.63, 3.8) is 0 Å². The summed E-state index contributed by atoms with van der Waals surface area (Å²) in [5.41, 5.74) is 1.28. The highest BCUT2D eigenvalue weighted by molar-refractivity contribution is 7.89. The second-order valence-corrected chi connectivity index (χ2v) is 8.81. The summed E-state index contributed by atoms with van der Waals surface area (Å²) in [5, 5.41) is 0. The quantitative estimate of drug-likeness (QED) is 0.761. The average molecular weight is 340 g/mol. The lowest BCUT2D eigenvalue weighted by Gasteiger charge is -2.39. The number of sulfonamides is 1. The Morgan fingerprint density at radius 2 is 1.87 bits per heavy atom. The maximum Gasteiger partial charge on any atom is 0.213 e. The smallest absolute Gasteiger partial charge is 0.213 e. The molecule has 23 heavy (non-hydrogen) atoms. The number of anilines is 1. The van der Waals surface area contributed by atoms with E-state index in [0.717, 1.165) is 19.6 Å². The lowest BCUT2D eigenvalue weighted by molar-refractivity contribution is 0.216. The van der Waals surface area contributed by atoms with Gasteiger partial charge in [-0.2, -0.15) is 0 Å². The van der Waals surface area contributed by atoms with E-state index >= 15 is 0 Å². The van der Waals surface area contributed by atoms with Crippen LogP contribution in [0, 0.1) is 0 Å². The van der Waals surface area contributed by atoms with E-state index in [1.807, 2.05) is 6.07 Å². The fourth-order valence-electron chi connectivity index (χ4n) is 3.05. The molecule has 1 atom stereocenters. The van der Waals surface area contributed by atoms with Crippen LogP contribution in [0.4, 0.5) is 5.69 Å². The number of hydrogen-bond donors (Lipinski definition) is 0. The van der Waals surface area contributed by atoms with Crippen LogP contribution < -0.4 is 4.90 Å². The first-order valence-electron chi connectivity index (χ1n) is 8.30. The zero-order valence-electron chi connectivity index (χ0n) is 14.5. The van der Waals surface area contributed by atoms with E-state index < -0.39 is 10.0 Å². The molecule has 1 fully saturated rings. The van der Waals surface area contributed by atoms with Crippen LogP contribution in [0.3, 0.4) is 0 Å². The molecule has 0 saturated carbocycles. The predicted octanol–water partition coefficient (Wildman–Crippen LogP) is 1.87. The zero-order chi connectivity index (χ0) is 16.9. The molecule has 1 aliphatic rings. The highest BCUT2D eigenvalue weighted by Crippen LogP contribution is 2.21. The van der Waals surface area contributed by atoms with Gasteiger partial charge < -0.3 is 9.80 Å². The lowest BCUT2D eigenvalue weighted by atomic mass is 10.0. The van der Waals surface area contributed by atoms with Crippen LogP contribution in [0.2, 0.25) is 0 Å². The fraction of sp³-hybridized carbons (Fsp3) is 0.647. The molecule has 0 radical (unpaired) electrons. The minimum atomic E-state index is -3.08. The van der Waals surface area contributed by atoms with Gasteiger partial charge in [0.15, 0.2) is 0 Å². The molecule has 1 aromatic rings. The molecule has 1 aliphatic heterocycles. The van der Waals surface area contributed by atoms with Crippen LogP contribution in [0.25, 0.3) is 0 Å². The third-order valence-electron chi connectivity index (χ3n) is 4.61. The second kappa shape index (κ2) is 8.13. The van der Waals surface area contributed by atoms with Gasteiger partial charge in [0.2, 0.25) is 10.0 Å². The van der Waals surface area contributed by atoms with E-state index in [1.54, 1.807) is 14.1 Å². The van der Waals surface area contributed by atoms with Crippen LogP contribution in [0.5, 0.6) is 0 Å². The van der Waals surface area contributed by atoms with Crippen molar-refractivity contribution in [3.8, 4) is 0 Å². The molecule has 0 spiro atoms. The summed E-state index contributed by atoms with van der Waals surface area (Å²) in [7, 11) is 2.22. The largest absolute Gasteiger partial charge is 0.370 e. The van der Waals surface area contributed by atoms with Crippen molar-refractivity contribution in [2.75, 3.05) is 51.4 Å². The lowest BCUT2D eigenvalue weighted by Crippen LogP contribution is -2.47. The maximum absolute atomic E-state index is 11.8. The predicted molar refractivity (Wildman–Crippen MR) is 96.4 cm³/mol. The molecular weight excluding hydrogens is 310 g/mol. The van der Waals surface area contributed by atoms with Gasteiger partial charge >= 0.3 is 0 Å². The number of nitrogens with zero attached hydrogens (tertiary/aromatic N) is 3. The van der Waals surface area contributed by atoms with Crippen molar-refractivity contribution in [1.82, 2.24) is 9.21 Å². The Morgan fingerprint density at radius 1 is 1.17 bits per heavy atom. The third-order valence-corrected chi connectivity index (χ3v) is 6.53. The van der Waals surface area contributed by atoms with Gasteiger partial charge in [-0.1, -0.05) is 18.2 Å². The zero-order valence-corrected chi connectivity index (χ0v) is 15.3. The van der Waals surface area contributed by atoms with Gasteiger partial charge in [0, 0.05) is 38.9 Å². The Labute approximate surface area is 140 Å². The molecule has 0 amide bonds. The van der Waals surface area contributed by atoms with Gasteiger partial charge in [-0.05, 0) is 45.0 Å². The molecular formula is C17H29N3O2S. The summed E-state index contributed by atoms with van der Waals surface area (Å²) >= 11 is 0. The molecule has 0 unspecified atom stereocenters. The maximum atomic E-state index is 11.8. The number of benzene rings is 1. The van der Waals surface area contributed by atoms with Crippen molar-refractivity contribution in [1.29, 1.82) is 0 Å². The third kappa shape index (κ3) is 5.19. The highest BCUT2D eigenvalue weighted by Gasteiger charge is 2.23. The van der Waals surface area contributed by atoms with E-state index in [1.165, 1.54) is 22.8 Å².